The second-order valence-electron chi connectivity index (χ2n) is 4.63. The Labute approximate surface area is 106 Å². The van der Waals surface area contributed by atoms with Crippen molar-refractivity contribution in [2.45, 2.75) is 25.5 Å². The number of ether oxygens (including phenoxy) is 2. The first-order valence-corrected chi connectivity index (χ1v) is 6.08. The smallest absolute Gasteiger partial charge is 0.123 e. The van der Waals surface area contributed by atoms with E-state index >= 15 is 0 Å². The second-order valence-corrected chi connectivity index (χ2v) is 4.63. The van der Waals surface area contributed by atoms with E-state index in [1.165, 1.54) is 12.1 Å². The first kappa shape index (κ1) is 13.3. The fraction of sp³-hybridized carbons (Fsp3) is 0.538. The average molecular weight is 254 g/mol. The molecule has 3 unspecified atom stereocenters. The molecule has 0 aliphatic carbocycles. The van der Waals surface area contributed by atoms with Gasteiger partial charge in [0.15, 0.2) is 0 Å². The van der Waals surface area contributed by atoms with E-state index in [9.17, 15) is 4.39 Å². The number of nitrogens with two attached hydrogens (primary N) is 1. The Balaban J connectivity index is 2.34. The minimum atomic E-state index is -0.309. The molecule has 1 saturated heterocycles. The molecular weight excluding hydrogens is 235 g/mol. The summed E-state index contributed by atoms with van der Waals surface area (Å²) in [6, 6.07) is 4.15. The van der Waals surface area contributed by atoms with E-state index in [0.29, 0.717) is 23.8 Å². The minimum absolute atomic E-state index is 0.0642. The standard InChI is InChI=1S/C13H19FN2O2/c1-8-5-6-18-13(8)12(16-15)10-7-9(14)3-4-11(10)17-2/h3-4,7-8,12-13,16H,5-6,15H2,1-2H3. The number of nitrogens with one attached hydrogen (secondary N) is 1. The van der Waals surface area contributed by atoms with E-state index in [0.717, 1.165) is 6.42 Å². The molecule has 0 aromatic heterocycles. The van der Waals surface area contributed by atoms with Crippen molar-refractivity contribution >= 4 is 0 Å². The molecule has 1 aromatic carbocycles. The van der Waals surface area contributed by atoms with Crippen LogP contribution in [0, 0.1) is 11.7 Å². The van der Waals surface area contributed by atoms with Crippen LogP contribution in [-0.4, -0.2) is 19.8 Å². The van der Waals surface area contributed by atoms with Crippen LogP contribution in [0.1, 0.15) is 24.9 Å². The molecule has 18 heavy (non-hydrogen) atoms. The third-order valence-corrected chi connectivity index (χ3v) is 3.48. The Morgan fingerprint density at radius 3 is 2.89 bits per heavy atom. The van der Waals surface area contributed by atoms with Crippen molar-refractivity contribution < 1.29 is 13.9 Å². The van der Waals surface area contributed by atoms with Gasteiger partial charge in [0.25, 0.3) is 0 Å². The van der Waals surface area contributed by atoms with Gasteiger partial charge in [-0.3, -0.25) is 11.3 Å². The Morgan fingerprint density at radius 1 is 1.56 bits per heavy atom. The van der Waals surface area contributed by atoms with Gasteiger partial charge in [-0.15, -0.1) is 0 Å². The van der Waals surface area contributed by atoms with Gasteiger partial charge in [0.1, 0.15) is 11.6 Å². The molecule has 3 N–H and O–H groups in total. The molecule has 1 fully saturated rings. The monoisotopic (exact) mass is 254 g/mol. The molecule has 1 aliphatic heterocycles. The maximum absolute atomic E-state index is 13.4. The summed E-state index contributed by atoms with van der Waals surface area (Å²) < 4.78 is 24.4. The molecule has 100 valence electrons. The number of hydrazine groups is 1. The Morgan fingerprint density at radius 2 is 2.33 bits per heavy atom. The van der Waals surface area contributed by atoms with Crippen molar-refractivity contribution in [3.63, 3.8) is 0 Å². The zero-order chi connectivity index (χ0) is 13.1. The molecule has 0 saturated carbocycles. The van der Waals surface area contributed by atoms with Gasteiger partial charge in [-0.05, 0) is 30.5 Å². The van der Waals surface area contributed by atoms with Gasteiger partial charge in [-0.25, -0.2) is 4.39 Å². The number of halogens is 1. The fourth-order valence-corrected chi connectivity index (χ4v) is 2.45. The summed E-state index contributed by atoms with van der Waals surface area (Å²) in [5, 5.41) is 0. The van der Waals surface area contributed by atoms with Gasteiger partial charge in [-0.2, -0.15) is 0 Å². The van der Waals surface area contributed by atoms with Crippen molar-refractivity contribution in [3.05, 3.63) is 29.6 Å². The van der Waals surface area contributed by atoms with E-state index in [4.69, 9.17) is 15.3 Å². The Kier molecular flexibility index (Phi) is 4.16. The van der Waals surface area contributed by atoms with Crippen LogP contribution in [0.4, 0.5) is 4.39 Å². The largest absolute Gasteiger partial charge is 0.496 e. The van der Waals surface area contributed by atoms with E-state index in [2.05, 4.69) is 12.3 Å². The highest BCUT2D eigenvalue weighted by Crippen LogP contribution is 2.35. The maximum Gasteiger partial charge on any atom is 0.123 e. The zero-order valence-corrected chi connectivity index (χ0v) is 10.7. The molecule has 5 heteroatoms. The second kappa shape index (κ2) is 5.65. The lowest BCUT2D eigenvalue weighted by molar-refractivity contribution is 0.0598. The number of hydrogen-bond acceptors (Lipinski definition) is 4. The van der Waals surface area contributed by atoms with Crippen molar-refractivity contribution in [1.29, 1.82) is 0 Å². The Bertz CT molecular complexity index is 414. The molecule has 0 amide bonds. The van der Waals surface area contributed by atoms with E-state index < -0.39 is 0 Å². The van der Waals surface area contributed by atoms with E-state index in [1.807, 2.05) is 0 Å². The molecule has 0 spiro atoms. The zero-order valence-electron chi connectivity index (χ0n) is 10.7. The number of hydrogen-bond donors (Lipinski definition) is 2. The SMILES string of the molecule is COc1ccc(F)cc1C(NN)C1OCCC1C. The first-order valence-electron chi connectivity index (χ1n) is 6.08. The van der Waals surface area contributed by atoms with E-state index in [1.54, 1.807) is 13.2 Å². The predicted molar refractivity (Wildman–Crippen MR) is 66.5 cm³/mol. The maximum atomic E-state index is 13.4. The van der Waals surface area contributed by atoms with Crippen LogP contribution in [0.25, 0.3) is 0 Å². The molecule has 2 rings (SSSR count). The lowest BCUT2D eigenvalue weighted by atomic mass is 9.92. The summed E-state index contributed by atoms with van der Waals surface area (Å²) in [5.74, 6) is 6.29. The molecule has 1 aromatic rings. The van der Waals surface area contributed by atoms with Crippen LogP contribution in [0.3, 0.4) is 0 Å². The van der Waals surface area contributed by atoms with Gasteiger partial charge in [0, 0.05) is 12.2 Å². The average Bonchev–Trinajstić information content (AvgIpc) is 2.77. The topological polar surface area (TPSA) is 56.5 Å². The first-order chi connectivity index (χ1) is 8.67. The summed E-state index contributed by atoms with van der Waals surface area (Å²) in [4.78, 5) is 0. The van der Waals surface area contributed by atoms with Gasteiger partial charge in [0.2, 0.25) is 0 Å². The van der Waals surface area contributed by atoms with Gasteiger partial charge in [-0.1, -0.05) is 6.92 Å². The summed E-state index contributed by atoms with van der Waals surface area (Å²) in [5.41, 5.74) is 3.41. The highest BCUT2D eigenvalue weighted by atomic mass is 19.1. The lowest BCUT2D eigenvalue weighted by Gasteiger charge is -2.27. The van der Waals surface area contributed by atoms with Crippen molar-refractivity contribution in [2.24, 2.45) is 11.8 Å². The van der Waals surface area contributed by atoms with Crippen LogP contribution >= 0.6 is 0 Å². The Hall–Kier alpha value is -1.17. The third-order valence-electron chi connectivity index (χ3n) is 3.48. The van der Waals surface area contributed by atoms with Crippen molar-refractivity contribution in [3.8, 4) is 5.75 Å². The van der Waals surface area contributed by atoms with E-state index in [-0.39, 0.29) is 18.0 Å². The summed E-state index contributed by atoms with van der Waals surface area (Å²) in [6.45, 7) is 2.81. The van der Waals surface area contributed by atoms with Gasteiger partial charge < -0.3 is 9.47 Å². The quantitative estimate of drug-likeness (QED) is 0.635. The van der Waals surface area contributed by atoms with Crippen LogP contribution in [-0.2, 0) is 4.74 Å². The van der Waals surface area contributed by atoms with Gasteiger partial charge >= 0.3 is 0 Å². The van der Waals surface area contributed by atoms with Crippen LogP contribution in [0.2, 0.25) is 0 Å². The van der Waals surface area contributed by atoms with Gasteiger partial charge in [0.05, 0.1) is 19.3 Å². The number of benzene rings is 1. The van der Waals surface area contributed by atoms with Crippen LogP contribution in [0.5, 0.6) is 5.75 Å². The molecule has 1 heterocycles. The number of methoxy groups -OCH3 is 1. The molecule has 0 radical (unpaired) electrons. The van der Waals surface area contributed by atoms with Crippen molar-refractivity contribution in [2.75, 3.05) is 13.7 Å². The number of rotatable bonds is 4. The highest BCUT2D eigenvalue weighted by molar-refractivity contribution is 5.37. The summed E-state index contributed by atoms with van der Waals surface area (Å²) >= 11 is 0. The molecular formula is C13H19FN2O2. The molecule has 1 aliphatic rings. The van der Waals surface area contributed by atoms with Crippen LogP contribution < -0.4 is 16.0 Å². The molecule has 0 bridgehead atoms. The third kappa shape index (κ3) is 2.48. The molecule has 3 atom stereocenters. The van der Waals surface area contributed by atoms with Crippen molar-refractivity contribution in [1.82, 2.24) is 5.43 Å². The summed E-state index contributed by atoms with van der Waals surface area (Å²) in [7, 11) is 1.56. The minimum Gasteiger partial charge on any atom is -0.496 e. The molecule has 4 nitrogen and oxygen atoms in total. The predicted octanol–water partition coefficient (Wildman–Crippen LogP) is 1.76. The van der Waals surface area contributed by atoms with Crippen LogP contribution in [0.15, 0.2) is 18.2 Å². The lowest BCUT2D eigenvalue weighted by Crippen LogP contribution is -2.39. The highest BCUT2D eigenvalue weighted by Gasteiger charge is 2.34. The normalized spacial score (nSPS) is 25.1. The summed E-state index contributed by atoms with van der Waals surface area (Å²) in [6.07, 6.45) is 0.922. The fourth-order valence-electron chi connectivity index (χ4n) is 2.45.